The highest BCUT2D eigenvalue weighted by Gasteiger charge is 2.31. The van der Waals surface area contributed by atoms with Crippen molar-refractivity contribution >= 4 is 27.5 Å². The summed E-state index contributed by atoms with van der Waals surface area (Å²) < 4.78 is 26.2. The minimum absolute atomic E-state index is 0.122. The first-order chi connectivity index (χ1) is 16.1. The van der Waals surface area contributed by atoms with E-state index in [0.717, 1.165) is 47.4 Å². The largest absolute Gasteiger partial charge is 0.352 e. The molecule has 3 rings (SSSR count). The standard InChI is InChI=1S/C26H35N3O4S/c1-20-11-10-12-22(17-20)18-28(21(2)26(31)27-23-13-6-4-7-14-23)25(30)19-29(34(3,32)33)24-15-8-5-9-16-24/h5,8-12,15-17,21,23H,4,6-7,13-14,18-19H2,1-3H3,(H,27,31). The van der Waals surface area contributed by atoms with E-state index in [9.17, 15) is 18.0 Å². The molecule has 8 heteroatoms. The number of aryl methyl sites for hydroxylation is 1. The zero-order chi connectivity index (χ0) is 24.7. The molecular formula is C26H35N3O4S. The van der Waals surface area contributed by atoms with Gasteiger partial charge < -0.3 is 10.2 Å². The zero-order valence-electron chi connectivity index (χ0n) is 20.2. The molecule has 1 unspecified atom stereocenters. The summed E-state index contributed by atoms with van der Waals surface area (Å²) in [6.07, 6.45) is 6.33. The first-order valence-corrected chi connectivity index (χ1v) is 13.7. The van der Waals surface area contributed by atoms with Crippen LogP contribution in [0.15, 0.2) is 54.6 Å². The van der Waals surface area contributed by atoms with Crippen molar-refractivity contribution in [3.05, 3.63) is 65.7 Å². The van der Waals surface area contributed by atoms with Gasteiger partial charge in [-0.2, -0.15) is 0 Å². The van der Waals surface area contributed by atoms with Crippen LogP contribution >= 0.6 is 0 Å². The molecule has 1 fully saturated rings. The number of para-hydroxylation sites is 1. The normalized spacial score (nSPS) is 15.4. The maximum Gasteiger partial charge on any atom is 0.244 e. The van der Waals surface area contributed by atoms with Crippen molar-refractivity contribution in [3.8, 4) is 0 Å². The predicted octanol–water partition coefficient (Wildman–Crippen LogP) is 3.63. The van der Waals surface area contributed by atoms with Gasteiger partial charge in [-0.05, 0) is 44.4 Å². The van der Waals surface area contributed by atoms with Gasteiger partial charge in [-0.15, -0.1) is 0 Å². The van der Waals surface area contributed by atoms with E-state index < -0.39 is 22.0 Å². The van der Waals surface area contributed by atoms with Crippen LogP contribution in [0.5, 0.6) is 0 Å². The fraction of sp³-hybridized carbons (Fsp3) is 0.462. The maximum absolute atomic E-state index is 13.5. The van der Waals surface area contributed by atoms with E-state index >= 15 is 0 Å². The molecular weight excluding hydrogens is 450 g/mol. The van der Waals surface area contributed by atoms with E-state index in [-0.39, 0.29) is 25.0 Å². The molecule has 0 saturated heterocycles. The Morgan fingerprint density at radius 1 is 1.03 bits per heavy atom. The zero-order valence-corrected chi connectivity index (χ0v) is 21.1. The number of carbonyl (C=O) groups excluding carboxylic acids is 2. The van der Waals surface area contributed by atoms with Crippen molar-refractivity contribution in [1.82, 2.24) is 10.2 Å². The lowest BCUT2D eigenvalue weighted by Gasteiger charge is -2.33. The van der Waals surface area contributed by atoms with Gasteiger partial charge in [0.15, 0.2) is 0 Å². The van der Waals surface area contributed by atoms with E-state index in [4.69, 9.17) is 0 Å². The molecule has 1 aliphatic carbocycles. The van der Waals surface area contributed by atoms with Gasteiger partial charge in [0.05, 0.1) is 11.9 Å². The van der Waals surface area contributed by atoms with Crippen molar-refractivity contribution in [3.63, 3.8) is 0 Å². The molecule has 34 heavy (non-hydrogen) atoms. The van der Waals surface area contributed by atoms with Gasteiger partial charge in [0.2, 0.25) is 21.8 Å². The summed E-state index contributed by atoms with van der Waals surface area (Å²) in [7, 11) is -3.71. The molecule has 0 radical (unpaired) electrons. The molecule has 7 nitrogen and oxygen atoms in total. The summed E-state index contributed by atoms with van der Waals surface area (Å²) in [4.78, 5) is 28.2. The maximum atomic E-state index is 13.5. The fourth-order valence-corrected chi connectivity index (χ4v) is 5.22. The highest BCUT2D eigenvalue weighted by Crippen LogP contribution is 2.20. The molecule has 0 aliphatic heterocycles. The SMILES string of the molecule is Cc1cccc(CN(C(=O)CN(c2ccccc2)S(C)(=O)=O)C(C)C(=O)NC2CCCCC2)c1. The Morgan fingerprint density at radius 2 is 1.71 bits per heavy atom. The average Bonchev–Trinajstić information content (AvgIpc) is 2.81. The van der Waals surface area contributed by atoms with Crippen LogP contribution < -0.4 is 9.62 Å². The average molecular weight is 486 g/mol. The van der Waals surface area contributed by atoms with E-state index in [1.165, 1.54) is 11.3 Å². The number of sulfonamides is 1. The number of rotatable bonds is 9. The van der Waals surface area contributed by atoms with Crippen LogP contribution in [0.25, 0.3) is 0 Å². The van der Waals surface area contributed by atoms with Crippen molar-refractivity contribution in [2.75, 3.05) is 17.1 Å². The highest BCUT2D eigenvalue weighted by molar-refractivity contribution is 7.92. The van der Waals surface area contributed by atoms with Crippen molar-refractivity contribution < 1.29 is 18.0 Å². The molecule has 2 aromatic rings. The summed E-state index contributed by atoms with van der Waals surface area (Å²) in [5.41, 5.74) is 2.34. The topological polar surface area (TPSA) is 86.8 Å². The Hall–Kier alpha value is -2.87. The van der Waals surface area contributed by atoms with Crippen LogP contribution in [-0.4, -0.2) is 50.0 Å². The summed E-state index contributed by atoms with van der Waals surface area (Å²) in [5, 5.41) is 3.10. The summed E-state index contributed by atoms with van der Waals surface area (Å²) in [6.45, 7) is 3.51. The van der Waals surface area contributed by atoms with Crippen LogP contribution in [0.3, 0.4) is 0 Å². The monoisotopic (exact) mass is 485 g/mol. The third-order valence-electron chi connectivity index (χ3n) is 6.28. The molecule has 2 aromatic carbocycles. The van der Waals surface area contributed by atoms with Gasteiger partial charge in [-0.1, -0.05) is 67.3 Å². The number of nitrogens with zero attached hydrogens (tertiary/aromatic N) is 2. The number of benzene rings is 2. The molecule has 2 amide bonds. The van der Waals surface area contributed by atoms with Gasteiger partial charge in [0.1, 0.15) is 12.6 Å². The minimum atomic E-state index is -3.71. The van der Waals surface area contributed by atoms with Gasteiger partial charge in [-0.3, -0.25) is 13.9 Å². The number of nitrogens with one attached hydrogen (secondary N) is 1. The van der Waals surface area contributed by atoms with Crippen LogP contribution in [0, 0.1) is 6.92 Å². The van der Waals surface area contributed by atoms with Crippen LogP contribution in [0.2, 0.25) is 0 Å². The van der Waals surface area contributed by atoms with Crippen LogP contribution in [-0.2, 0) is 26.2 Å². The Balaban J connectivity index is 1.85. The van der Waals surface area contributed by atoms with Crippen molar-refractivity contribution in [1.29, 1.82) is 0 Å². The lowest BCUT2D eigenvalue weighted by atomic mass is 9.95. The van der Waals surface area contributed by atoms with Gasteiger partial charge in [0, 0.05) is 12.6 Å². The first-order valence-electron chi connectivity index (χ1n) is 11.8. The van der Waals surface area contributed by atoms with E-state index in [2.05, 4.69) is 5.32 Å². The Kier molecular flexibility index (Phi) is 8.72. The van der Waals surface area contributed by atoms with Gasteiger partial charge in [0.25, 0.3) is 0 Å². The molecule has 184 valence electrons. The smallest absolute Gasteiger partial charge is 0.244 e. The molecule has 1 N–H and O–H groups in total. The molecule has 1 saturated carbocycles. The van der Waals surface area contributed by atoms with Crippen molar-refractivity contribution in [2.24, 2.45) is 0 Å². The highest BCUT2D eigenvalue weighted by atomic mass is 32.2. The predicted molar refractivity (Wildman–Crippen MR) is 135 cm³/mol. The number of hydrogen-bond acceptors (Lipinski definition) is 4. The molecule has 1 atom stereocenters. The van der Waals surface area contributed by atoms with E-state index in [1.807, 2.05) is 31.2 Å². The van der Waals surface area contributed by atoms with E-state index in [0.29, 0.717) is 5.69 Å². The summed E-state index contributed by atoms with van der Waals surface area (Å²) in [5.74, 6) is -0.638. The molecule has 0 aromatic heterocycles. The Labute approximate surface area is 203 Å². The second kappa shape index (κ2) is 11.5. The molecule has 0 heterocycles. The third-order valence-corrected chi connectivity index (χ3v) is 7.42. The van der Waals surface area contributed by atoms with Crippen molar-refractivity contribution in [2.45, 2.75) is 64.6 Å². The number of amides is 2. The number of hydrogen-bond donors (Lipinski definition) is 1. The first kappa shape index (κ1) is 25.7. The fourth-order valence-electron chi connectivity index (χ4n) is 4.37. The lowest BCUT2D eigenvalue weighted by Crippen LogP contribution is -2.52. The molecule has 1 aliphatic rings. The second-order valence-corrected chi connectivity index (χ2v) is 11.0. The molecule has 0 bridgehead atoms. The lowest BCUT2D eigenvalue weighted by molar-refractivity contribution is -0.139. The van der Waals surface area contributed by atoms with Crippen LogP contribution in [0.1, 0.15) is 50.2 Å². The van der Waals surface area contributed by atoms with Gasteiger partial charge >= 0.3 is 0 Å². The number of anilines is 1. The quantitative estimate of drug-likeness (QED) is 0.588. The Morgan fingerprint density at radius 3 is 2.32 bits per heavy atom. The Bertz CT molecular complexity index is 1080. The number of carbonyl (C=O) groups is 2. The van der Waals surface area contributed by atoms with E-state index in [1.54, 1.807) is 37.3 Å². The summed E-state index contributed by atoms with van der Waals surface area (Å²) >= 11 is 0. The molecule has 0 spiro atoms. The second-order valence-electron chi connectivity index (χ2n) is 9.14. The third kappa shape index (κ3) is 7.06. The summed E-state index contributed by atoms with van der Waals surface area (Å²) in [6, 6.07) is 15.7. The minimum Gasteiger partial charge on any atom is -0.352 e. The van der Waals surface area contributed by atoms with Gasteiger partial charge in [-0.25, -0.2) is 8.42 Å². The van der Waals surface area contributed by atoms with Crippen LogP contribution in [0.4, 0.5) is 5.69 Å².